The quantitative estimate of drug-likeness (QED) is 0.293. The molecule has 1 N–H and O–H groups in total. The van der Waals surface area contributed by atoms with Crippen LogP contribution in [-0.4, -0.2) is 16.7 Å². The van der Waals surface area contributed by atoms with Gasteiger partial charge in [-0.3, -0.25) is 9.59 Å². The standard InChI is InChI=1S/C25H26O3/c1-6-18(8-7-17(2)26)23(27)19-9-11-20(12-10-19)24(28)21-13-15-22(16-14-21)25(3,4)5/h6-16,26H,1H2,2-5H3/b17-7+,18-8+. The monoisotopic (exact) mass is 374 g/mol. The Hall–Kier alpha value is -3.20. The Labute approximate surface area is 166 Å². The van der Waals surface area contributed by atoms with Gasteiger partial charge in [-0.1, -0.05) is 82.0 Å². The third kappa shape index (κ3) is 5.17. The van der Waals surface area contributed by atoms with Gasteiger partial charge in [0.15, 0.2) is 11.6 Å². The average molecular weight is 374 g/mol. The predicted molar refractivity (Wildman–Crippen MR) is 114 cm³/mol. The van der Waals surface area contributed by atoms with E-state index in [9.17, 15) is 14.7 Å². The zero-order chi connectivity index (χ0) is 20.9. The van der Waals surface area contributed by atoms with Crippen molar-refractivity contribution in [3.63, 3.8) is 0 Å². The summed E-state index contributed by atoms with van der Waals surface area (Å²) in [5, 5.41) is 9.25. The van der Waals surface area contributed by atoms with E-state index in [0.717, 1.165) is 0 Å². The second-order valence-electron chi connectivity index (χ2n) is 7.70. The number of aliphatic hydroxyl groups excluding tert-OH is 1. The molecule has 144 valence electrons. The largest absolute Gasteiger partial charge is 0.513 e. The molecule has 0 aliphatic rings. The molecule has 0 heterocycles. The normalized spacial score (nSPS) is 12.6. The lowest BCUT2D eigenvalue weighted by atomic mass is 9.86. The maximum absolute atomic E-state index is 12.7. The summed E-state index contributed by atoms with van der Waals surface area (Å²) >= 11 is 0. The third-order valence-electron chi connectivity index (χ3n) is 4.41. The van der Waals surface area contributed by atoms with Crippen LogP contribution >= 0.6 is 0 Å². The minimum atomic E-state index is -0.221. The molecule has 0 aliphatic heterocycles. The van der Waals surface area contributed by atoms with Gasteiger partial charge < -0.3 is 5.11 Å². The minimum absolute atomic E-state index is 0.0315. The highest BCUT2D eigenvalue weighted by Crippen LogP contribution is 2.23. The number of carbonyl (C=O) groups excluding carboxylic acids is 2. The molecule has 0 saturated carbocycles. The first-order valence-electron chi connectivity index (χ1n) is 9.13. The van der Waals surface area contributed by atoms with Gasteiger partial charge in [0.25, 0.3) is 0 Å². The first-order valence-corrected chi connectivity index (χ1v) is 9.13. The molecular weight excluding hydrogens is 348 g/mol. The maximum Gasteiger partial charge on any atom is 0.193 e. The van der Waals surface area contributed by atoms with Gasteiger partial charge >= 0.3 is 0 Å². The summed E-state index contributed by atoms with van der Waals surface area (Å²) in [7, 11) is 0. The fraction of sp³-hybridized carbons (Fsp3) is 0.200. The van der Waals surface area contributed by atoms with Gasteiger partial charge in [-0.25, -0.2) is 0 Å². The highest BCUT2D eigenvalue weighted by molar-refractivity contribution is 6.12. The Morgan fingerprint density at radius 3 is 1.75 bits per heavy atom. The van der Waals surface area contributed by atoms with E-state index in [4.69, 9.17) is 0 Å². The van der Waals surface area contributed by atoms with Crippen LogP contribution in [0, 0.1) is 0 Å². The summed E-state index contributed by atoms with van der Waals surface area (Å²) in [6, 6.07) is 14.2. The van der Waals surface area contributed by atoms with Gasteiger partial charge in [0.05, 0.1) is 5.76 Å². The van der Waals surface area contributed by atoms with Crippen LogP contribution in [0.4, 0.5) is 0 Å². The summed E-state index contributed by atoms with van der Waals surface area (Å²) in [4.78, 5) is 25.2. The van der Waals surface area contributed by atoms with Crippen molar-refractivity contribution in [1.82, 2.24) is 0 Å². The highest BCUT2D eigenvalue weighted by atomic mass is 16.3. The van der Waals surface area contributed by atoms with E-state index in [1.807, 2.05) is 24.3 Å². The van der Waals surface area contributed by atoms with Crippen LogP contribution in [-0.2, 0) is 5.41 Å². The number of hydrogen-bond donors (Lipinski definition) is 1. The molecule has 0 atom stereocenters. The zero-order valence-electron chi connectivity index (χ0n) is 16.8. The number of Topliss-reactive ketones (excluding diaryl/α,β-unsaturated/α-hetero) is 1. The van der Waals surface area contributed by atoms with Crippen molar-refractivity contribution in [2.75, 3.05) is 0 Å². The molecule has 3 heteroatoms. The SMILES string of the molecule is C=C/C(=C\C=C(/C)O)C(=O)c1ccc(C(=O)c2ccc(C(C)(C)C)cc2)cc1. The summed E-state index contributed by atoms with van der Waals surface area (Å²) in [5.74, 6) is -0.204. The van der Waals surface area contributed by atoms with Crippen molar-refractivity contribution in [3.8, 4) is 0 Å². The maximum atomic E-state index is 12.7. The zero-order valence-corrected chi connectivity index (χ0v) is 16.8. The van der Waals surface area contributed by atoms with Crippen LogP contribution in [0.25, 0.3) is 0 Å². The van der Waals surface area contributed by atoms with Crippen molar-refractivity contribution >= 4 is 11.6 Å². The lowest BCUT2D eigenvalue weighted by Gasteiger charge is -2.19. The van der Waals surface area contributed by atoms with Crippen LogP contribution in [0.1, 0.15) is 59.5 Å². The number of carbonyl (C=O) groups is 2. The fourth-order valence-electron chi connectivity index (χ4n) is 2.67. The van der Waals surface area contributed by atoms with Crippen molar-refractivity contribution in [1.29, 1.82) is 0 Å². The number of benzene rings is 2. The summed E-state index contributed by atoms with van der Waals surface area (Å²) < 4.78 is 0. The third-order valence-corrected chi connectivity index (χ3v) is 4.41. The molecule has 0 fully saturated rings. The van der Waals surface area contributed by atoms with Gasteiger partial charge in [-0.05, 0) is 30.1 Å². The predicted octanol–water partition coefficient (Wildman–Crippen LogP) is 5.97. The van der Waals surface area contributed by atoms with E-state index in [0.29, 0.717) is 22.3 Å². The highest BCUT2D eigenvalue weighted by Gasteiger charge is 2.16. The smallest absolute Gasteiger partial charge is 0.193 e. The number of hydrogen-bond acceptors (Lipinski definition) is 3. The van der Waals surface area contributed by atoms with Gasteiger partial charge in [0.2, 0.25) is 0 Å². The molecule has 2 rings (SSSR count). The van der Waals surface area contributed by atoms with Crippen LogP contribution in [0.2, 0.25) is 0 Å². The van der Waals surface area contributed by atoms with E-state index in [2.05, 4.69) is 27.4 Å². The van der Waals surface area contributed by atoms with E-state index >= 15 is 0 Å². The van der Waals surface area contributed by atoms with Crippen molar-refractivity contribution in [2.24, 2.45) is 0 Å². The molecule has 0 aliphatic carbocycles. The molecule has 0 amide bonds. The second kappa shape index (κ2) is 8.66. The molecular formula is C25H26O3. The van der Waals surface area contributed by atoms with Crippen LogP contribution in [0.5, 0.6) is 0 Å². The number of allylic oxidation sites excluding steroid dienone is 5. The van der Waals surface area contributed by atoms with E-state index in [1.165, 1.54) is 30.7 Å². The van der Waals surface area contributed by atoms with Gasteiger partial charge in [0, 0.05) is 22.3 Å². The summed E-state index contributed by atoms with van der Waals surface area (Å²) in [5.41, 5.74) is 3.16. The molecule has 0 unspecified atom stereocenters. The Bertz CT molecular complexity index is 931. The molecule has 3 nitrogen and oxygen atoms in total. The second-order valence-corrected chi connectivity index (χ2v) is 7.70. The molecule has 2 aromatic carbocycles. The molecule has 2 aromatic rings. The Balaban J connectivity index is 2.23. The summed E-state index contributed by atoms with van der Waals surface area (Å²) in [6.45, 7) is 11.5. The molecule has 0 spiro atoms. The average Bonchev–Trinajstić information content (AvgIpc) is 2.67. The number of aliphatic hydroxyl groups is 1. The van der Waals surface area contributed by atoms with E-state index < -0.39 is 0 Å². The van der Waals surface area contributed by atoms with Crippen molar-refractivity contribution in [2.45, 2.75) is 33.1 Å². The van der Waals surface area contributed by atoms with E-state index in [-0.39, 0.29) is 22.7 Å². The van der Waals surface area contributed by atoms with Crippen LogP contribution in [0.3, 0.4) is 0 Å². The van der Waals surface area contributed by atoms with Gasteiger partial charge in [-0.15, -0.1) is 0 Å². The van der Waals surface area contributed by atoms with Crippen molar-refractivity contribution < 1.29 is 14.7 Å². The lowest BCUT2D eigenvalue weighted by Crippen LogP contribution is -2.11. The molecule has 0 saturated heterocycles. The minimum Gasteiger partial charge on any atom is -0.513 e. The Morgan fingerprint density at radius 1 is 0.857 bits per heavy atom. The van der Waals surface area contributed by atoms with Gasteiger partial charge in [-0.2, -0.15) is 0 Å². The van der Waals surface area contributed by atoms with Gasteiger partial charge in [0.1, 0.15) is 0 Å². The van der Waals surface area contributed by atoms with Crippen LogP contribution in [0.15, 0.2) is 84.7 Å². The Morgan fingerprint density at radius 2 is 1.32 bits per heavy atom. The molecule has 0 aromatic heterocycles. The van der Waals surface area contributed by atoms with Crippen molar-refractivity contribution in [3.05, 3.63) is 107 Å². The number of ketones is 2. The molecule has 0 radical (unpaired) electrons. The topological polar surface area (TPSA) is 54.4 Å². The molecule has 28 heavy (non-hydrogen) atoms. The molecule has 0 bridgehead atoms. The first kappa shape index (κ1) is 21.1. The number of rotatable bonds is 6. The lowest BCUT2D eigenvalue weighted by molar-refractivity contribution is 0.102. The first-order chi connectivity index (χ1) is 13.1. The van der Waals surface area contributed by atoms with Crippen LogP contribution < -0.4 is 0 Å². The fourth-order valence-corrected chi connectivity index (χ4v) is 2.67. The Kier molecular flexibility index (Phi) is 6.53. The van der Waals surface area contributed by atoms with E-state index in [1.54, 1.807) is 24.3 Å². The summed E-state index contributed by atoms with van der Waals surface area (Å²) in [6.07, 6.45) is 4.40.